The summed E-state index contributed by atoms with van der Waals surface area (Å²) in [6, 6.07) is 7.81. The van der Waals surface area contributed by atoms with Gasteiger partial charge in [-0.3, -0.25) is 4.79 Å². The smallest absolute Gasteiger partial charge is 0.230 e. The van der Waals surface area contributed by atoms with Gasteiger partial charge in [-0.15, -0.1) is 11.8 Å². The maximum Gasteiger partial charge on any atom is 0.230 e. The van der Waals surface area contributed by atoms with E-state index in [1.165, 1.54) is 12.8 Å². The number of aryl methyl sites for hydroxylation is 1. The highest BCUT2D eigenvalue weighted by molar-refractivity contribution is 7.99. The summed E-state index contributed by atoms with van der Waals surface area (Å²) in [4.78, 5) is 16.9. The summed E-state index contributed by atoms with van der Waals surface area (Å²) >= 11 is 7.79. The minimum Gasteiger partial charge on any atom is -0.441 e. The first-order valence-corrected chi connectivity index (χ1v) is 11.1. The Kier molecular flexibility index (Phi) is 6.88. The van der Waals surface area contributed by atoms with Gasteiger partial charge in [-0.25, -0.2) is 4.98 Å². The van der Waals surface area contributed by atoms with Crippen LogP contribution in [0, 0.1) is 18.8 Å². The quantitative estimate of drug-likeness (QED) is 0.690. The third-order valence-corrected chi connectivity index (χ3v) is 6.80. The molecular weight excluding hydrogens is 380 g/mol. The average Bonchev–Trinajstić information content (AvgIpc) is 3.00. The van der Waals surface area contributed by atoms with E-state index in [0.717, 1.165) is 23.4 Å². The second-order valence-corrected chi connectivity index (χ2v) is 8.83. The first kappa shape index (κ1) is 20.3. The van der Waals surface area contributed by atoms with Gasteiger partial charge in [0, 0.05) is 11.8 Å². The van der Waals surface area contributed by atoms with Gasteiger partial charge in [-0.1, -0.05) is 50.4 Å². The van der Waals surface area contributed by atoms with Crippen molar-refractivity contribution >= 4 is 29.3 Å². The number of halogens is 1. The highest BCUT2D eigenvalue weighted by atomic mass is 35.5. The Morgan fingerprint density at radius 2 is 2.11 bits per heavy atom. The lowest BCUT2D eigenvalue weighted by atomic mass is 9.78. The van der Waals surface area contributed by atoms with Crippen molar-refractivity contribution in [2.75, 3.05) is 5.75 Å². The summed E-state index contributed by atoms with van der Waals surface area (Å²) < 4.78 is 5.78. The number of hydrogen-bond donors (Lipinski definition) is 1. The van der Waals surface area contributed by atoms with Crippen LogP contribution in [0.5, 0.6) is 0 Å². The summed E-state index contributed by atoms with van der Waals surface area (Å²) in [6.07, 6.45) is 3.56. The Balaban J connectivity index is 1.52. The van der Waals surface area contributed by atoms with E-state index in [0.29, 0.717) is 40.3 Å². The molecular formula is C21H27ClN2O2S. The Hall–Kier alpha value is -1.46. The molecule has 4 nitrogen and oxygen atoms in total. The molecule has 27 heavy (non-hydrogen) atoms. The molecule has 0 aliphatic heterocycles. The van der Waals surface area contributed by atoms with Crippen molar-refractivity contribution in [3.63, 3.8) is 0 Å². The van der Waals surface area contributed by atoms with E-state index in [2.05, 4.69) is 24.1 Å². The van der Waals surface area contributed by atoms with Crippen LogP contribution >= 0.6 is 23.4 Å². The van der Waals surface area contributed by atoms with Crippen LogP contribution in [0.15, 0.2) is 28.7 Å². The van der Waals surface area contributed by atoms with Crippen molar-refractivity contribution in [1.29, 1.82) is 0 Å². The van der Waals surface area contributed by atoms with Crippen LogP contribution in [0.2, 0.25) is 5.02 Å². The summed E-state index contributed by atoms with van der Waals surface area (Å²) in [6.45, 7) is 6.42. The molecule has 0 radical (unpaired) electrons. The first-order chi connectivity index (χ1) is 13.0. The van der Waals surface area contributed by atoms with Crippen LogP contribution in [0.3, 0.4) is 0 Å². The van der Waals surface area contributed by atoms with Crippen LogP contribution in [0.1, 0.15) is 44.6 Å². The van der Waals surface area contributed by atoms with Crippen LogP contribution in [-0.4, -0.2) is 22.7 Å². The third kappa shape index (κ3) is 5.08. The van der Waals surface area contributed by atoms with Crippen molar-refractivity contribution in [2.24, 2.45) is 11.8 Å². The number of carbonyl (C=O) groups excluding carboxylic acids is 1. The molecule has 6 heteroatoms. The number of hydrogen-bond acceptors (Lipinski definition) is 4. The number of rotatable bonds is 6. The number of amides is 1. The van der Waals surface area contributed by atoms with Crippen LogP contribution in [0.25, 0.3) is 11.5 Å². The maximum absolute atomic E-state index is 12.3. The third-order valence-electron chi connectivity index (χ3n) is 5.52. The van der Waals surface area contributed by atoms with Gasteiger partial charge in [0.25, 0.3) is 0 Å². The first-order valence-electron chi connectivity index (χ1n) is 9.54. The largest absolute Gasteiger partial charge is 0.441 e. The molecule has 3 rings (SSSR count). The van der Waals surface area contributed by atoms with E-state index in [4.69, 9.17) is 16.0 Å². The number of oxazole rings is 1. The molecule has 146 valence electrons. The van der Waals surface area contributed by atoms with Crippen molar-refractivity contribution < 1.29 is 9.21 Å². The molecule has 1 saturated carbocycles. The summed E-state index contributed by atoms with van der Waals surface area (Å²) in [5.74, 6) is 3.71. The van der Waals surface area contributed by atoms with Crippen LogP contribution in [-0.2, 0) is 10.5 Å². The summed E-state index contributed by atoms with van der Waals surface area (Å²) in [7, 11) is 0. The maximum atomic E-state index is 12.3. The zero-order chi connectivity index (χ0) is 19.4. The highest BCUT2D eigenvalue weighted by Crippen LogP contribution is 2.30. The van der Waals surface area contributed by atoms with Crippen molar-refractivity contribution in [3.05, 3.63) is 40.7 Å². The van der Waals surface area contributed by atoms with Gasteiger partial charge in [0.2, 0.25) is 11.8 Å². The standard InChI is InChI=1S/C21H27ClN2O2S/c1-13-7-6-10-18(14(13)2)23-20(25)12-27-11-19-15(3)26-21(24-19)16-8-4-5-9-17(16)22/h4-5,8-9,13-14,18H,6-7,10-12H2,1-3H3,(H,23,25). The van der Waals surface area contributed by atoms with Gasteiger partial charge in [-0.05, 0) is 37.3 Å². The molecule has 3 unspecified atom stereocenters. The van der Waals surface area contributed by atoms with E-state index in [9.17, 15) is 4.79 Å². The molecule has 1 aliphatic rings. The fourth-order valence-corrected chi connectivity index (χ4v) is 4.63. The summed E-state index contributed by atoms with van der Waals surface area (Å²) in [5.41, 5.74) is 1.65. The normalized spacial score (nSPS) is 22.6. The Morgan fingerprint density at radius 1 is 1.33 bits per heavy atom. The minimum absolute atomic E-state index is 0.110. The van der Waals surface area contributed by atoms with E-state index in [-0.39, 0.29) is 5.91 Å². The molecule has 2 aromatic rings. The van der Waals surface area contributed by atoms with Crippen LogP contribution in [0.4, 0.5) is 0 Å². The molecule has 0 bridgehead atoms. The lowest BCUT2D eigenvalue weighted by Gasteiger charge is -2.34. The lowest BCUT2D eigenvalue weighted by Crippen LogP contribution is -2.44. The molecule has 3 atom stereocenters. The van der Waals surface area contributed by atoms with Crippen molar-refractivity contribution in [2.45, 2.75) is 51.8 Å². The number of carbonyl (C=O) groups is 1. The topological polar surface area (TPSA) is 55.1 Å². The van der Waals surface area contributed by atoms with Gasteiger partial charge < -0.3 is 9.73 Å². The van der Waals surface area contributed by atoms with Gasteiger partial charge in [0.1, 0.15) is 5.76 Å². The molecule has 1 fully saturated rings. The fraction of sp³-hybridized carbons (Fsp3) is 0.524. The lowest BCUT2D eigenvalue weighted by molar-refractivity contribution is -0.119. The number of thioether (sulfide) groups is 1. The number of aromatic nitrogens is 1. The van der Waals surface area contributed by atoms with Gasteiger partial charge in [0.15, 0.2) is 0 Å². The van der Waals surface area contributed by atoms with Gasteiger partial charge in [-0.2, -0.15) is 0 Å². The molecule has 1 heterocycles. The zero-order valence-electron chi connectivity index (χ0n) is 16.1. The van der Waals surface area contributed by atoms with Gasteiger partial charge >= 0.3 is 0 Å². The van der Waals surface area contributed by atoms with E-state index in [1.807, 2.05) is 31.2 Å². The Morgan fingerprint density at radius 3 is 2.89 bits per heavy atom. The highest BCUT2D eigenvalue weighted by Gasteiger charge is 2.28. The molecule has 1 N–H and O–H groups in total. The van der Waals surface area contributed by atoms with E-state index < -0.39 is 0 Å². The molecule has 0 spiro atoms. The summed E-state index contributed by atoms with van der Waals surface area (Å²) in [5, 5.41) is 3.84. The van der Waals surface area contributed by atoms with E-state index in [1.54, 1.807) is 11.8 Å². The van der Waals surface area contributed by atoms with Gasteiger partial charge in [0.05, 0.1) is 22.0 Å². The van der Waals surface area contributed by atoms with Crippen molar-refractivity contribution in [3.8, 4) is 11.5 Å². The molecule has 1 aromatic heterocycles. The molecule has 1 aromatic carbocycles. The monoisotopic (exact) mass is 406 g/mol. The van der Waals surface area contributed by atoms with Crippen LogP contribution < -0.4 is 5.32 Å². The predicted molar refractivity (Wildman–Crippen MR) is 112 cm³/mol. The minimum atomic E-state index is 0.110. The number of benzene rings is 1. The zero-order valence-corrected chi connectivity index (χ0v) is 17.7. The Bertz CT molecular complexity index is 792. The predicted octanol–water partition coefficient (Wildman–Crippen LogP) is 5.48. The molecule has 0 saturated heterocycles. The molecule has 1 aliphatic carbocycles. The Labute approximate surface area is 170 Å². The average molecular weight is 407 g/mol. The fourth-order valence-electron chi connectivity index (χ4n) is 3.59. The van der Waals surface area contributed by atoms with E-state index >= 15 is 0 Å². The number of nitrogens with one attached hydrogen (secondary N) is 1. The molecule has 1 amide bonds. The number of nitrogens with zero attached hydrogens (tertiary/aromatic N) is 1. The van der Waals surface area contributed by atoms with Crippen molar-refractivity contribution in [1.82, 2.24) is 10.3 Å². The second kappa shape index (κ2) is 9.16. The SMILES string of the molecule is Cc1oc(-c2ccccc2Cl)nc1CSCC(=O)NC1CCCC(C)C1C. The second-order valence-electron chi connectivity index (χ2n) is 7.44.